The number of hydrogen-bond donors (Lipinski definition) is 3. The summed E-state index contributed by atoms with van der Waals surface area (Å²) in [5.41, 5.74) is 4.77. The highest BCUT2D eigenvalue weighted by Crippen LogP contribution is 2.22. The van der Waals surface area contributed by atoms with Crippen LogP contribution in [0.4, 0.5) is 5.82 Å². The smallest absolute Gasteiger partial charge is 0.246 e. The van der Waals surface area contributed by atoms with Gasteiger partial charge in [0.15, 0.2) is 5.82 Å². The summed E-state index contributed by atoms with van der Waals surface area (Å²) in [6.07, 6.45) is 2.37. The fraction of sp³-hybridized carbons (Fsp3) is 0.727. The lowest BCUT2D eigenvalue weighted by atomic mass is 9.96. The van der Waals surface area contributed by atoms with Crippen LogP contribution in [0, 0.1) is 0 Å². The SMILES string of the molecule is CCn1cc(S(=O)(=O)NC(CC)(CC)CO)c(N)n1. The van der Waals surface area contributed by atoms with Gasteiger partial charge in [-0.1, -0.05) is 13.8 Å². The minimum Gasteiger partial charge on any atom is -0.394 e. The first-order chi connectivity index (χ1) is 8.84. The number of aliphatic hydroxyl groups excluding tert-OH is 1. The highest BCUT2D eigenvalue weighted by Gasteiger charge is 2.33. The van der Waals surface area contributed by atoms with Crippen molar-refractivity contribution in [1.29, 1.82) is 0 Å². The van der Waals surface area contributed by atoms with E-state index in [-0.39, 0.29) is 17.3 Å². The number of nitrogens with one attached hydrogen (secondary N) is 1. The number of nitrogens with zero attached hydrogens (tertiary/aromatic N) is 2. The maximum absolute atomic E-state index is 12.3. The predicted octanol–water partition coefficient (Wildman–Crippen LogP) is 0.315. The van der Waals surface area contributed by atoms with Gasteiger partial charge in [-0.25, -0.2) is 13.1 Å². The van der Waals surface area contributed by atoms with Gasteiger partial charge in [-0.05, 0) is 19.8 Å². The zero-order valence-corrected chi connectivity index (χ0v) is 12.4. The van der Waals surface area contributed by atoms with E-state index in [1.165, 1.54) is 10.9 Å². The Balaban J connectivity index is 3.13. The molecule has 0 spiro atoms. The van der Waals surface area contributed by atoms with Crippen molar-refractivity contribution < 1.29 is 13.5 Å². The van der Waals surface area contributed by atoms with Crippen molar-refractivity contribution in [3.8, 4) is 0 Å². The van der Waals surface area contributed by atoms with Crippen LogP contribution in [0.25, 0.3) is 0 Å². The molecule has 0 radical (unpaired) electrons. The minimum absolute atomic E-state index is 0.0339. The Labute approximate surface area is 113 Å². The molecule has 19 heavy (non-hydrogen) atoms. The molecule has 110 valence electrons. The molecule has 0 saturated carbocycles. The summed E-state index contributed by atoms with van der Waals surface area (Å²) >= 11 is 0. The topological polar surface area (TPSA) is 110 Å². The fourth-order valence-electron chi connectivity index (χ4n) is 1.78. The monoisotopic (exact) mass is 290 g/mol. The highest BCUT2D eigenvalue weighted by molar-refractivity contribution is 7.89. The van der Waals surface area contributed by atoms with Gasteiger partial charge in [-0.2, -0.15) is 5.10 Å². The van der Waals surface area contributed by atoms with Crippen molar-refractivity contribution in [2.45, 2.75) is 50.6 Å². The van der Waals surface area contributed by atoms with Gasteiger partial charge in [0.2, 0.25) is 10.0 Å². The number of hydrogen-bond acceptors (Lipinski definition) is 5. The Bertz CT molecular complexity index is 512. The second kappa shape index (κ2) is 5.89. The molecule has 1 heterocycles. The molecule has 4 N–H and O–H groups in total. The van der Waals surface area contributed by atoms with E-state index in [2.05, 4.69) is 9.82 Å². The molecular weight excluding hydrogens is 268 g/mol. The van der Waals surface area contributed by atoms with Crippen LogP contribution in [0.1, 0.15) is 33.6 Å². The van der Waals surface area contributed by atoms with E-state index in [4.69, 9.17) is 5.73 Å². The quantitative estimate of drug-likeness (QED) is 0.669. The van der Waals surface area contributed by atoms with E-state index in [1.807, 2.05) is 20.8 Å². The molecule has 0 aromatic carbocycles. The molecule has 1 aromatic rings. The maximum atomic E-state index is 12.3. The lowest BCUT2D eigenvalue weighted by molar-refractivity contribution is 0.172. The lowest BCUT2D eigenvalue weighted by Crippen LogP contribution is -2.50. The van der Waals surface area contributed by atoms with E-state index in [0.29, 0.717) is 19.4 Å². The molecule has 0 atom stereocenters. The summed E-state index contributed by atoms with van der Waals surface area (Å²) in [6, 6.07) is 0. The summed E-state index contributed by atoms with van der Waals surface area (Å²) in [5, 5.41) is 13.3. The number of sulfonamides is 1. The van der Waals surface area contributed by atoms with E-state index >= 15 is 0 Å². The zero-order valence-electron chi connectivity index (χ0n) is 11.5. The Morgan fingerprint density at radius 3 is 2.37 bits per heavy atom. The Morgan fingerprint density at radius 1 is 1.42 bits per heavy atom. The first-order valence-electron chi connectivity index (χ1n) is 6.32. The molecule has 0 saturated heterocycles. The zero-order chi connectivity index (χ0) is 14.7. The molecule has 0 bridgehead atoms. The number of nitrogens with two attached hydrogens (primary N) is 1. The van der Waals surface area contributed by atoms with Crippen LogP contribution in [0.5, 0.6) is 0 Å². The normalized spacial score (nSPS) is 12.8. The minimum atomic E-state index is -3.79. The molecular formula is C11H22N4O3S. The van der Waals surface area contributed by atoms with Crippen molar-refractivity contribution in [2.24, 2.45) is 0 Å². The molecule has 8 heteroatoms. The molecule has 0 aliphatic heterocycles. The second-order valence-electron chi connectivity index (χ2n) is 4.49. The van der Waals surface area contributed by atoms with Gasteiger partial charge < -0.3 is 10.8 Å². The third-order valence-corrected chi connectivity index (χ3v) is 4.97. The van der Waals surface area contributed by atoms with Crippen molar-refractivity contribution >= 4 is 15.8 Å². The lowest BCUT2D eigenvalue weighted by Gasteiger charge is -2.30. The number of nitrogen functional groups attached to an aromatic ring is 1. The summed E-state index contributed by atoms with van der Waals surface area (Å²) < 4.78 is 28.6. The Hall–Kier alpha value is -1.12. The largest absolute Gasteiger partial charge is 0.394 e. The van der Waals surface area contributed by atoms with Crippen LogP contribution in [-0.4, -0.2) is 35.5 Å². The van der Waals surface area contributed by atoms with Crippen molar-refractivity contribution in [3.63, 3.8) is 0 Å². The molecule has 0 aliphatic rings. The molecule has 0 amide bonds. The third-order valence-electron chi connectivity index (χ3n) is 3.38. The number of aromatic nitrogens is 2. The van der Waals surface area contributed by atoms with Crippen LogP contribution in [0.2, 0.25) is 0 Å². The standard InChI is InChI=1S/C11H22N4O3S/c1-4-11(5-2,8-16)14-19(17,18)9-7-15(6-3)13-10(9)12/h7,14,16H,4-6,8H2,1-3H3,(H2,12,13). The van der Waals surface area contributed by atoms with E-state index in [0.717, 1.165) is 0 Å². The fourth-order valence-corrected chi connectivity index (χ4v) is 3.39. The summed E-state index contributed by atoms with van der Waals surface area (Å²) in [6.45, 7) is 5.75. The number of anilines is 1. The number of aryl methyl sites for hydroxylation is 1. The van der Waals surface area contributed by atoms with Gasteiger partial charge in [0.05, 0.1) is 12.1 Å². The third kappa shape index (κ3) is 3.26. The molecule has 0 aliphatic carbocycles. The van der Waals surface area contributed by atoms with Crippen LogP contribution in [0.15, 0.2) is 11.1 Å². The van der Waals surface area contributed by atoms with Gasteiger partial charge >= 0.3 is 0 Å². The average Bonchev–Trinajstić information content (AvgIpc) is 2.78. The van der Waals surface area contributed by atoms with E-state index in [1.54, 1.807) is 0 Å². The molecule has 1 aromatic heterocycles. The van der Waals surface area contributed by atoms with Gasteiger partial charge in [0, 0.05) is 12.7 Å². The first kappa shape index (κ1) is 15.9. The highest BCUT2D eigenvalue weighted by atomic mass is 32.2. The number of aliphatic hydroxyl groups is 1. The second-order valence-corrected chi connectivity index (χ2v) is 6.14. The van der Waals surface area contributed by atoms with Gasteiger partial charge in [-0.15, -0.1) is 0 Å². The van der Waals surface area contributed by atoms with Gasteiger partial charge in [-0.3, -0.25) is 4.68 Å². The van der Waals surface area contributed by atoms with Crippen LogP contribution < -0.4 is 10.5 Å². The Morgan fingerprint density at radius 2 is 2.00 bits per heavy atom. The van der Waals surface area contributed by atoms with E-state index < -0.39 is 15.6 Å². The summed E-state index contributed by atoms with van der Waals surface area (Å²) in [4.78, 5) is -0.0472. The van der Waals surface area contributed by atoms with E-state index in [9.17, 15) is 13.5 Å². The molecule has 7 nitrogen and oxygen atoms in total. The Kier molecular flexibility index (Phi) is 4.94. The maximum Gasteiger partial charge on any atom is 0.246 e. The van der Waals surface area contributed by atoms with Crippen LogP contribution in [0.3, 0.4) is 0 Å². The van der Waals surface area contributed by atoms with Crippen molar-refractivity contribution in [2.75, 3.05) is 12.3 Å². The molecule has 1 rings (SSSR count). The number of rotatable bonds is 7. The predicted molar refractivity (Wildman–Crippen MR) is 73.0 cm³/mol. The summed E-state index contributed by atoms with van der Waals surface area (Å²) in [5.74, 6) is -0.0339. The molecule has 0 fully saturated rings. The van der Waals surface area contributed by atoms with Gasteiger partial charge in [0.1, 0.15) is 4.90 Å². The van der Waals surface area contributed by atoms with Crippen molar-refractivity contribution in [3.05, 3.63) is 6.20 Å². The average molecular weight is 290 g/mol. The van der Waals surface area contributed by atoms with Crippen molar-refractivity contribution in [1.82, 2.24) is 14.5 Å². The first-order valence-corrected chi connectivity index (χ1v) is 7.80. The molecule has 0 unspecified atom stereocenters. The van der Waals surface area contributed by atoms with Crippen LogP contribution >= 0.6 is 0 Å². The van der Waals surface area contributed by atoms with Crippen LogP contribution in [-0.2, 0) is 16.6 Å². The summed E-state index contributed by atoms with van der Waals surface area (Å²) in [7, 11) is -3.79. The van der Waals surface area contributed by atoms with Gasteiger partial charge in [0.25, 0.3) is 0 Å².